The van der Waals surface area contributed by atoms with Gasteiger partial charge in [0.25, 0.3) is 0 Å². The van der Waals surface area contributed by atoms with E-state index in [9.17, 15) is 4.39 Å². The van der Waals surface area contributed by atoms with E-state index in [1.54, 1.807) is 6.07 Å². The van der Waals surface area contributed by atoms with E-state index in [0.29, 0.717) is 11.5 Å². The van der Waals surface area contributed by atoms with Crippen molar-refractivity contribution in [3.63, 3.8) is 0 Å². The lowest BCUT2D eigenvalue weighted by Gasteiger charge is -2.28. The van der Waals surface area contributed by atoms with Crippen LogP contribution >= 0.6 is 0 Å². The highest BCUT2D eigenvalue weighted by atomic mass is 19.1. The number of hydrogen-bond acceptors (Lipinski definition) is 1. The van der Waals surface area contributed by atoms with E-state index in [4.69, 9.17) is 0 Å². The fraction of sp³-hybridized carbons (Fsp3) is 0.607. The summed E-state index contributed by atoms with van der Waals surface area (Å²) in [5.41, 5.74) is 3.78. The molecular weight excluding hydrogens is 369 g/mol. The van der Waals surface area contributed by atoms with Gasteiger partial charge in [-0.2, -0.15) is 0 Å². The third-order valence-electron chi connectivity index (χ3n) is 6.95. The topological polar surface area (TPSA) is 12.9 Å². The first-order valence-electron chi connectivity index (χ1n) is 12.5. The third kappa shape index (κ3) is 6.65. The monoisotopic (exact) mass is 409 g/mol. The largest absolute Gasteiger partial charge is 0.256 e. The maximum Gasteiger partial charge on any atom is 0.132 e. The van der Waals surface area contributed by atoms with Gasteiger partial charge >= 0.3 is 0 Å². The summed E-state index contributed by atoms with van der Waals surface area (Å²) in [5.74, 6) is 1.41. The molecule has 0 atom stereocenters. The van der Waals surface area contributed by atoms with E-state index in [0.717, 1.165) is 36.4 Å². The number of rotatable bonds is 11. The first-order valence-corrected chi connectivity index (χ1v) is 12.5. The van der Waals surface area contributed by atoms with Gasteiger partial charge in [-0.1, -0.05) is 70.9 Å². The number of benzene rings is 1. The molecule has 0 saturated heterocycles. The maximum atomic E-state index is 14.6. The van der Waals surface area contributed by atoms with E-state index < -0.39 is 0 Å². The van der Waals surface area contributed by atoms with E-state index in [1.165, 1.54) is 69.8 Å². The van der Waals surface area contributed by atoms with Crippen LogP contribution in [0.25, 0.3) is 11.3 Å². The number of pyridine rings is 1. The van der Waals surface area contributed by atoms with Crippen LogP contribution in [0.15, 0.2) is 36.5 Å². The normalized spacial score (nSPS) is 19.2. The van der Waals surface area contributed by atoms with Crippen molar-refractivity contribution in [2.75, 3.05) is 0 Å². The van der Waals surface area contributed by atoms with Gasteiger partial charge in [0.15, 0.2) is 0 Å². The summed E-state index contributed by atoms with van der Waals surface area (Å²) in [6, 6.07) is 9.83. The van der Waals surface area contributed by atoms with Gasteiger partial charge in [-0.25, -0.2) is 4.39 Å². The highest BCUT2D eigenvalue weighted by Crippen LogP contribution is 2.38. The van der Waals surface area contributed by atoms with Crippen LogP contribution < -0.4 is 0 Å². The smallest absolute Gasteiger partial charge is 0.132 e. The van der Waals surface area contributed by atoms with E-state index in [2.05, 4.69) is 24.9 Å². The summed E-state index contributed by atoms with van der Waals surface area (Å²) >= 11 is 0. The van der Waals surface area contributed by atoms with Gasteiger partial charge in [-0.15, -0.1) is 0 Å². The summed E-state index contributed by atoms with van der Waals surface area (Å²) in [6.45, 7) is 4.45. The van der Waals surface area contributed by atoms with Crippen LogP contribution in [0.3, 0.4) is 0 Å². The Labute approximate surface area is 183 Å². The zero-order valence-corrected chi connectivity index (χ0v) is 19.1. The van der Waals surface area contributed by atoms with E-state index in [-0.39, 0.29) is 5.82 Å². The Morgan fingerprint density at radius 2 is 1.63 bits per heavy atom. The van der Waals surface area contributed by atoms with Crippen molar-refractivity contribution in [3.05, 3.63) is 53.5 Å². The molecule has 0 radical (unpaired) electrons. The molecule has 0 aliphatic heterocycles. The molecule has 2 heteroatoms. The number of nitrogens with zero attached hydrogens (tertiary/aromatic N) is 1. The minimum atomic E-state index is -0.150. The van der Waals surface area contributed by atoms with Gasteiger partial charge in [0.05, 0.1) is 5.69 Å². The van der Waals surface area contributed by atoms with Gasteiger partial charge in [0.1, 0.15) is 5.82 Å². The fourth-order valence-electron chi connectivity index (χ4n) is 4.93. The molecule has 1 aliphatic carbocycles. The van der Waals surface area contributed by atoms with Crippen LogP contribution in [0.1, 0.15) is 108 Å². The first kappa shape index (κ1) is 23.0. The molecule has 1 heterocycles. The number of aryl methyl sites for hydroxylation is 1. The van der Waals surface area contributed by atoms with Crippen molar-refractivity contribution >= 4 is 0 Å². The second kappa shape index (κ2) is 12.2. The fourth-order valence-corrected chi connectivity index (χ4v) is 4.93. The lowest BCUT2D eigenvalue weighted by atomic mass is 9.77. The van der Waals surface area contributed by atoms with Gasteiger partial charge in [0, 0.05) is 11.8 Å². The average molecular weight is 410 g/mol. The predicted molar refractivity (Wildman–Crippen MR) is 126 cm³/mol. The van der Waals surface area contributed by atoms with E-state index >= 15 is 0 Å². The van der Waals surface area contributed by atoms with Crippen molar-refractivity contribution in [1.29, 1.82) is 0 Å². The first-order chi connectivity index (χ1) is 14.7. The van der Waals surface area contributed by atoms with Crippen LogP contribution in [0.4, 0.5) is 4.39 Å². The van der Waals surface area contributed by atoms with Crippen molar-refractivity contribution in [3.8, 4) is 11.3 Å². The van der Waals surface area contributed by atoms with Crippen molar-refractivity contribution in [2.45, 2.75) is 103 Å². The zero-order valence-electron chi connectivity index (χ0n) is 19.1. The van der Waals surface area contributed by atoms with Crippen LogP contribution in [0.2, 0.25) is 0 Å². The van der Waals surface area contributed by atoms with Crippen LogP contribution in [0.5, 0.6) is 0 Å². The molecule has 0 bridgehead atoms. The Hall–Kier alpha value is -1.70. The van der Waals surface area contributed by atoms with Crippen molar-refractivity contribution in [1.82, 2.24) is 4.98 Å². The van der Waals surface area contributed by atoms with Crippen LogP contribution in [0, 0.1) is 11.7 Å². The lowest BCUT2D eigenvalue weighted by molar-refractivity contribution is 0.301. The SMILES string of the molecule is CCCCCCCC1CCC(c2ccc(-c3ccc(CCCC)cc3F)nc2)CC1. The standard InChI is InChI=1S/C28H40FN/c1-3-5-7-8-9-11-22-12-15-24(16-13-22)25-17-19-28(30-21-25)26-18-14-23(10-6-4-2)20-27(26)29/h14,17-22,24H,3-13,15-16H2,1-2H3. The molecule has 1 aromatic heterocycles. The number of aromatic nitrogens is 1. The van der Waals surface area contributed by atoms with Gasteiger partial charge in [0.2, 0.25) is 0 Å². The van der Waals surface area contributed by atoms with Gasteiger partial charge in [-0.3, -0.25) is 4.98 Å². The molecule has 1 nitrogen and oxygen atoms in total. The molecule has 0 amide bonds. The number of unbranched alkanes of at least 4 members (excludes halogenated alkanes) is 5. The summed E-state index contributed by atoms with van der Waals surface area (Å²) in [4.78, 5) is 4.63. The summed E-state index contributed by atoms with van der Waals surface area (Å²) in [5, 5.41) is 0. The second-order valence-corrected chi connectivity index (χ2v) is 9.32. The summed E-state index contributed by atoms with van der Waals surface area (Å²) in [7, 11) is 0. The minimum absolute atomic E-state index is 0.150. The summed E-state index contributed by atoms with van der Waals surface area (Å²) in [6.07, 6.45) is 18.8. The Morgan fingerprint density at radius 3 is 2.30 bits per heavy atom. The van der Waals surface area contributed by atoms with Crippen LogP contribution in [-0.4, -0.2) is 4.98 Å². The molecule has 1 aliphatic rings. The Kier molecular flexibility index (Phi) is 9.36. The van der Waals surface area contributed by atoms with Crippen LogP contribution in [-0.2, 0) is 6.42 Å². The molecule has 0 unspecified atom stereocenters. The molecule has 1 fully saturated rings. The number of hydrogen-bond donors (Lipinski definition) is 0. The molecule has 1 aromatic carbocycles. The summed E-state index contributed by atoms with van der Waals surface area (Å²) < 4.78 is 14.6. The average Bonchev–Trinajstić information content (AvgIpc) is 2.78. The minimum Gasteiger partial charge on any atom is -0.256 e. The van der Waals surface area contributed by atoms with Gasteiger partial charge < -0.3 is 0 Å². The third-order valence-corrected chi connectivity index (χ3v) is 6.95. The zero-order chi connectivity index (χ0) is 21.2. The van der Waals surface area contributed by atoms with E-state index in [1.807, 2.05) is 24.4 Å². The molecule has 3 rings (SSSR count). The van der Waals surface area contributed by atoms with Crippen molar-refractivity contribution < 1.29 is 4.39 Å². The molecule has 0 N–H and O–H groups in total. The Balaban J connectivity index is 1.50. The quantitative estimate of drug-likeness (QED) is 0.338. The molecule has 164 valence electrons. The lowest BCUT2D eigenvalue weighted by Crippen LogP contribution is -2.13. The molecule has 30 heavy (non-hydrogen) atoms. The van der Waals surface area contributed by atoms with Crippen molar-refractivity contribution in [2.24, 2.45) is 5.92 Å². The Bertz CT molecular complexity index is 744. The molecule has 1 saturated carbocycles. The molecule has 2 aromatic rings. The highest BCUT2D eigenvalue weighted by molar-refractivity contribution is 5.60. The second-order valence-electron chi connectivity index (χ2n) is 9.32. The number of halogens is 1. The van der Waals surface area contributed by atoms with Gasteiger partial charge in [-0.05, 0) is 79.7 Å². The molecule has 0 spiro atoms. The predicted octanol–water partition coefficient (Wildman–Crippen LogP) is 8.86. The maximum absolute atomic E-state index is 14.6. The Morgan fingerprint density at radius 1 is 0.867 bits per heavy atom. The molecular formula is C28H40FN. The highest BCUT2D eigenvalue weighted by Gasteiger charge is 2.22.